The summed E-state index contributed by atoms with van der Waals surface area (Å²) in [4.78, 5) is 0. The SMILES string of the molecule is c1ccc2c(c1)CC(C1C3CC4CC(C3)CC1C4)CN2. The van der Waals surface area contributed by atoms with E-state index in [0.29, 0.717) is 0 Å². The largest absolute Gasteiger partial charge is 0.385 e. The second-order valence-electron chi connectivity index (χ2n) is 8.01. The van der Waals surface area contributed by atoms with Crippen LogP contribution in [0.4, 0.5) is 5.69 Å². The first-order chi connectivity index (χ1) is 9.87. The molecule has 4 bridgehead atoms. The Bertz CT molecular complexity index is 492. The molecule has 0 radical (unpaired) electrons. The van der Waals surface area contributed by atoms with Crippen molar-refractivity contribution in [2.24, 2.45) is 35.5 Å². The normalized spacial score (nSPS) is 45.0. The number of hydrogen-bond acceptors (Lipinski definition) is 1. The van der Waals surface area contributed by atoms with E-state index < -0.39 is 0 Å². The van der Waals surface area contributed by atoms with Crippen LogP contribution in [-0.4, -0.2) is 6.54 Å². The van der Waals surface area contributed by atoms with Crippen molar-refractivity contribution in [1.82, 2.24) is 0 Å². The van der Waals surface area contributed by atoms with Crippen molar-refractivity contribution >= 4 is 5.69 Å². The van der Waals surface area contributed by atoms with Gasteiger partial charge >= 0.3 is 0 Å². The minimum absolute atomic E-state index is 0.903. The lowest BCUT2D eigenvalue weighted by Gasteiger charge is -2.57. The second kappa shape index (κ2) is 4.26. The molecule has 4 saturated carbocycles. The lowest BCUT2D eigenvalue weighted by atomic mass is 9.49. The number of anilines is 1. The molecule has 0 aromatic heterocycles. The first-order valence-electron chi connectivity index (χ1n) is 8.68. The van der Waals surface area contributed by atoms with Gasteiger partial charge in [-0.1, -0.05) is 18.2 Å². The van der Waals surface area contributed by atoms with Gasteiger partial charge < -0.3 is 5.32 Å². The Balaban J connectivity index is 1.42. The molecule has 1 aromatic rings. The summed E-state index contributed by atoms with van der Waals surface area (Å²) >= 11 is 0. The fourth-order valence-corrected chi connectivity index (χ4v) is 6.48. The second-order valence-corrected chi connectivity index (χ2v) is 8.01. The third-order valence-corrected chi connectivity index (χ3v) is 6.90. The van der Waals surface area contributed by atoms with Crippen LogP contribution in [0.1, 0.15) is 37.7 Å². The topological polar surface area (TPSA) is 12.0 Å². The summed E-state index contributed by atoms with van der Waals surface area (Å²) in [6.07, 6.45) is 9.17. The van der Waals surface area contributed by atoms with E-state index >= 15 is 0 Å². The Labute approximate surface area is 122 Å². The van der Waals surface area contributed by atoms with Crippen LogP contribution in [0, 0.1) is 35.5 Å². The summed E-state index contributed by atoms with van der Waals surface area (Å²) in [5.74, 6) is 6.30. The molecule has 1 nitrogen and oxygen atoms in total. The van der Waals surface area contributed by atoms with Gasteiger partial charge in [-0.15, -0.1) is 0 Å². The minimum Gasteiger partial charge on any atom is -0.385 e. The molecular formula is C19H25N. The molecule has 0 saturated heterocycles. The van der Waals surface area contributed by atoms with E-state index in [1.165, 1.54) is 18.7 Å². The predicted molar refractivity (Wildman–Crippen MR) is 82.7 cm³/mol. The minimum atomic E-state index is 0.903. The Morgan fingerprint density at radius 1 is 0.800 bits per heavy atom. The molecule has 4 fully saturated rings. The van der Waals surface area contributed by atoms with Crippen molar-refractivity contribution in [3.63, 3.8) is 0 Å². The van der Waals surface area contributed by atoms with Gasteiger partial charge in [0.15, 0.2) is 0 Å². The average molecular weight is 267 g/mol. The van der Waals surface area contributed by atoms with E-state index in [9.17, 15) is 0 Å². The fourth-order valence-electron chi connectivity index (χ4n) is 6.48. The van der Waals surface area contributed by atoms with Gasteiger partial charge in [0.1, 0.15) is 0 Å². The van der Waals surface area contributed by atoms with E-state index in [1.807, 2.05) is 0 Å². The highest BCUT2D eigenvalue weighted by molar-refractivity contribution is 5.53. The summed E-state index contributed by atoms with van der Waals surface area (Å²) in [6, 6.07) is 8.96. The monoisotopic (exact) mass is 267 g/mol. The van der Waals surface area contributed by atoms with Crippen LogP contribution in [0.2, 0.25) is 0 Å². The van der Waals surface area contributed by atoms with E-state index in [1.54, 1.807) is 37.7 Å². The van der Waals surface area contributed by atoms with Crippen LogP contribution >= 0.6 is 0 Å². The van der Waals surface area contributed by atoms with Crippen molar-refractivity contribution in [3.8, 4) is 0 Å². The van der Waals surface area contributed by atoms with E-state index in [2.05, 4.69) is 29.6 Å². The Kier molecular flexibility index (Phi) is 2.48. The number of para-hydroxylation sites is 1. The van der Waals surface area contributed by atoms with Gasteiger partial charge in [0, 0.05) is 12.2 Å². The Hall–Kier alpha value is -0.980. The van der Waals surface area contributed by atoms with Crippen molar-refractivity contribution in [2.75, 3.05) is 11.9 Å². The molecule has 1 unspecified atom stereocenters. The fraction of sp³-hybridized carbons (Fsp3) is 0.684. The molecule has 1 heteroatoms. The molecular weight excluding hydrogens is 242 g/mol. The third kappa shape index (κ3) is 1.68. The van der Waals surface area contributed by atoms with Crippen LogP contribution in [0.5, 0.6) is 0 Å². The van der Waals surface area contributed by atoms with Crippen molar-refractivity contribution in [2.45, 2.75) is 38.5 Å². The number of hydrogen-bond donors (Lipinski definition) is 1. The van der Waals surface area contributed by atoms with E-state index in [4.69, 9.17) is 0 Å². The molecule has 106 valence electrons. The summed E-state index contributed by atoms with van der Waals surface area (Å²) in [7, 11) is 0. The molecule has 1 aliphatic heterocycles. The maximum Gasteiger partial charge on any atom is 0.0372 e. The lowest BCUT2D eigenvalue weighted by Crippen LogP contribution is -2.49. The van der Waals surface area contributed by atoms with Crippen molar-refractivity contribution in [1.29, 1.82) is 0 Å². The van der Waals surface area contributed by atoms with Gasteiger partial charge in [-0.25, -0.2) is 0 Å². The van der Waals surface area contributed by atoms with Gasteiger partial charge in [-0.3, -0.25) is 0 Å². The van der Waals surface area contributed by atoms with Gasteiger partial charge in [0.2, 0.25) is 0 Å². The van der Waals surface area contributed by atoms with Crippen LogP contribution in [0.3, 0.4) is 0 Å². The first-order valence-corrected chi connectivity index (χ1v) is 8.68. The first kappa shape index (κ1) is 11.7. The number of fused-ring (bicyclic) bond motifs is 1. The lowest BCUT2D eigenvalue weighted by molar-refractivity contribution is -0.0597. The third-order valence-electron chi connectivity index (χ3n) is 6.90. The summed E-state index contributed by atoms with van der Waals surface area (Å²) in [6.45, 7) is 1.23. The molecule has 0 amide bonds. The summed E-state index contributed by atoms with van der Waals surface area (Å²) < 4.78 is 0. The summed E-state index contributed by atoms with van der Waals surface area (Å²) in [5, 5.41) is 3.72. The average Bonchev–Trinajstić information content (AvgIpc) is 2.46. The molecule has 1 N–H and O–H groups in total. The molecule has 1 atom stereocenters. The Morgan fingerprint density at radius 3 is 2.25 bits per heavy atom. The maximum absolute atomic E-state index is 3.72. The number of nitrogens with one attached hydrogen (secondary N) is 1. The molecule has 0 spiro atoms. The predicted octanol–water partition coefficient (Wildman–Crippen LogP) is 4.34. The number of benzene rings is 1. The molecule has 1 heterocycles. The molecule has 5 aliphatic rings. The smallest absolute Gasteiger partial charge is 0.0372 e. The zero-order chi connectivity index (χ0) is 13.1. The molecule has 4 aliphatic carbocycles. The van der Waals surface area contributed by atoms with Gasteiger partial charge in [-0.05, 0) is 85.7 Å². The van der Waals surface area contributed by atoms with Crippen LogP contribution < -0.4 is 5.32 Å². The van der Waals surface area contributed by atoms with Crippen LogP contribution in [0.15, 0.2) is 24.3 Å². The van der Waals surface area contributed by atoms with Gasteiger partial charge in [0.25, 0.3) is 0 Å². The van der Waals surface area contributed by atoms with Gasteiger partial charge in [0.05, 0.1) is 0 Å². The van der Waals surface area contributed by atoms with Crippen LogP contribution in [-0.2, 0) is 6.42 Å². The molecule has 6 rings (SSSR count). The maximum atomic E-state index is 3.72. The zero-order valence-electron chi connectivity index (χ0n) is 12.2. The highest BCUT2D eigenvalue weighted by Gasteiger charge is 2.50. The van der Waals surface area contributed by atoms with Gasteiger partial charge in [-0.2, -0.15) is 0 Å². The highest BCUT2D eigenvalue weighted by Crippen LogP contribution is 2.59. The van der Waals surface area contributed by atoms with E-state index in [0.717, 1.165) is 35.5 Å². The zero-order valence-corrected chi connectivity index (χ0v) is 12.2. The molecule has 20 heavy (non-hydrogen) atoms. The standard InChI is InChI=1S/C19H25N/c1-2-4-18-14(3-1)10-17(11-20-18)19-15-6-12-5-13(8-15)9-16(19)7-12/h1-4,12-13,15-17,19-20H,5-11H2. The van der Waals surface area contributed by atoms with Crippen molar-refractivity contribution < 1.29 is 0 Å². The van der Waals surface area contributed by atoms with E-state index in [-0.39, 0.29) is 0 Å². The Morgan fingerprint density at radius 2 is 1.50 bits per heavy atom. The number of rotatable bonds is 1. The summed E-state index contributed by atoms with van der Waals surface area (Å²) in [5.41, 5.74) is 2.96. The molecule has 1 aromatic carbocycles. The quantitative estimate of drug-likeness (QED) is 0.798. The van der Waals surface area contributed by atoms with Crippen molar-refractivity contribution in [3.05, 3.63) is 29.8 Å². The highest BCUT2D eigenvalue weighted by atomic mass is 14.9. The van der Waals surface area contributed by atoms with Crippen LogP contribution in [0.25, 0.3) is 0 Å².